The molecule has 2 aliphatic rings. The Bertz CT molecular complexity index is 1140. The molecular weight excluding hydrogens is 436 g/mol. The van der Waals surface area contributed by atoms with Crippen LogP contribution in [0.1, 0.15) is 43.9 Å². The van der Waals surface area contributed by atoms with E-state index in [9.17, 15) is 9.59 Å². The van der Waals surface area contributed by atoms with Crippen molar-refractivity contribution in [3.05, 3.63) is 48.5 Å². The molecule has 10 heteroatoms. The van der Waals surface area contributed by atoms with Crippen molar-refractivity contribution in [2.45, 2.75) is 51.0 Å². The zero-order valence-electron chi connectivity index (χ0n) is 18.9. The van der Waals surface area contributed by atoms with Gasteiger partial charge in [-0.25, -0.2) is 15.0 Å². The molecule has 1 unspecified atom stereocenters. The Morgan fingerprint density at radius 2 is 1.97 bits per heavy atom. The van der Waals surface area contributed by atoms with E-state index >= 15 is 0 Å². The number of imidazole rings is 1. The van der Waals surface area contributed by atoms with E-state index in [0.717, 1.165) is 44.3 Å². The van der Waals surface area contributed by atoms with Crippen LogP contribution in [0.2, 0.25) is 0 Å². The fourth-order valence-corrected chi connectivity index (χ4v) is 4.14. The molecule has 1 aliphatic heterocycles. The standard InChI is InChI=1S/C24H28N6O4/c31-19(25-12-21(32)34-14-17-6-2-1-3-7-17)13-29(18-9-10-18)23-22-24(27-15-26-23)30(16-28-22)20-8-4-5-11-33-20/h1-3,6-7,15-16,18,20H,4-5,8-14H2,(H,25,31). The molecule has 1 atom stereocenters. The minimum absolute atomic E-state index is 0.0789. The summed E-state index contributed by atoms with van der Waals surface area (Å²) in [6, 6.07) is 9.63. The molecule has 10 nitrogen and oxygen atoms in total. The summed E-state index contributed by atoms with van der Waals surface area (Å²) < 4.78 is 13.1. The van der Waals surface area contributed by atoms with Gasteiger partial charge in [-0.3, -0.25) is 14.2 Å². The van der Waals surface area contributed by atoms with E-state index in [1.54, 1.807) is 6.33 Å². The number of amides is 1. The molecule has 0 radical (unpaired) electrons. The number of aromatic nitrogens is 4. The first-order chi connectivity index (χ1) is 16.7. The van der Waals surface area contributed by atoms with Crippen LogP contribution in [0, 0.1) is 0 Å². The minimum atomic E-state index is -0.481. The SMILES string of the molecule is O=C(CN(c1ncnc2c1ncn2C1CCCCO1)C1CC1)NCC(=O)OCc1ccccc1. The third kappa shape index (κ3) is 5.17. The number of hydrogen-bond donors (Lipinski definition) is 1. The van der Waals surface area contributed by atoms with Crippen LogP contribution in [0.5, 0.6) is 0 Å². The zero-order valence-corrected chi connectivity index (χ0v) is 18.9. The van der Waals surface area contributed by atoms with Crippen molar-refractivity contribution in [2.24, 2.45) is 0 Å². The summed E-state index contributed by atoms with van der Waals surface area (Å²) in [5.74, 6) is -0.125. The van der Waals surface area contributed by atoms with Crippen molar-refractivity contribution < 1.29 is 19.1 Å². The summed E-state index contributed by atoms with van der Waals surface area (Å²) in [4.78, 5) is 40.2. The van der Waals surface area contributed by atoms with E-state index in [1.165, 1.54) is 6.33 Å². The van der Waals surface area contributed by atoms with Crippen LogP contribution in [0.25, 0.3) is 11.2 Å². The average Bonchev–Trinajstić information content (AvgIpc) is 3.63. The van der Waals surface area contributed by atoms with Crippen LogP contribution in [0.3, 0.4) is 0 Å². The van der Waals surface area contributed by atoms with Gasteiger partial charge < -0.3 is 19.7 Å². The topological polar surface area (TPSA) is 111 Å². The number of nitrogens with one attached hydrogen (secondary N) is 1. The van der Waals surface area contributed by atoms with Gasteiger partial charge in [-0.1, -0.05) is 30.3 Å². The summed E-state index contributed by atoms with van der Waals surface area (Å²) in [7, 11) is 0. The van der Waals surface area contributed by atoms with Gasteiger partial charge >= 0.3 is 5.97 Å². The number of ether oxygens (including phenoxy) is 2. The second kappa shape index (κ2) is 10.2. The van der Waals surface area contributed by atoms with Gasteiger partial charge in [0.1, 0.15) is 25.7 Å². The van der Waals surface area contributed by atoms with Crippen LogP contribution >= 0.6 is 0 Å². The molecule has 2 fully saturated rings. The second-order valence-corrected chi connectivity index (χ2v) is 8.62. The summed E-state index contributed by atoms with van der Waals surface area (Å²) in [5, 5.41) is 2.66. The zero-order chi connectivity index (χ0) is 23.3. The number of hydrogen-bond acceptors (Lipinski definition) is 8. The van der Waals surface area contributed by atoms with Gasteiger partial charge in [0.25, 0.3) is 0 Å². The van der Waals surface area contributed by atoms with Gasteiger partial charge in [0.2, 0.25) is 5.91 Å². The lowest BCUT2D eigenvalue weighted by Crippen LogP contribution is -2.41. The molecule has 0 bridgehead atoms. The molecule has 3 heterocycles. The molecule has 0 spiro atoms. The third-order valence-electron chi connectivity index (χ3n) is 6.05. The van der Waals surface area contributed by atoms with E-state index in [4.69, 9.17) is 9.47 Å². The van der Waals surface area contributed by atoms with Crippen LogP contribution in [0.4, 0.5) is 5.82 Å². The highest BCUT2D eigenvalue weighted by Gasteiger charge is 2.33. The summed E-state index contributed by atoms with van der Waals surface area (Å²) in [5.41, 5.74) is 2.25. The van der Waals surface area contributed by atoms with E-state index in [-0.39, 0.29) is 37.9 Å². The van der Waals surface area contributed by atoms with Crippen LogP contribution in [-0.4, -0.2) is 57.1 Å². The monoisotopic (exact) mass is 464 g/mol. The van der Waals surface area contributed by atoms with Crippen LogP contribution < -0.4 is 10.2 Å². The number of benzene rings is 1. The van der Waals surface area contributed by atoms with E-state index in [1.807, 2.05) is 39.8 Å². The quantitative estimate of drug-likeness (QED) is 0.481. The molecule has 1 amide bonds. The summed E-state index contributed by atoms with van der Waals surface area (Å²) in [6.45, 7) is 0.799. The van der Waals surface area contributed by atoms with Gasteiger partial charge in [0.05, 0.1) is 12.9 Å². The van der Waals surface area contributed by atoms with Gasteiger partial charge in [-0.05, 0) is 37.7 Å². The predicted octanol–water partition coefficient (Wildman–Crippen LogP) is 2.35. The Labute approximate surface area is 197 Å². The molecule has 1 aromatic carbocycles. The van der Waals surface area contributed by atoms with Gasteiger partial charge in [-0.2, -0.15) is 0 Å². The van der Waals surface area contributed by atoms with E-state index < -0.39 is 5.97 Å². The highest BCUT2D eigenvalue weighted by Crippen LogP contribution is 2.34. The van der Waals surface area contributed by atoms with Crippen molar-refractivity contribution in [2.75, 3.05) is 24.6 Å². The third-order valence-corrected chi connectivity index (χ3v) is 6.05. The maximum atomic E-state index is 12.7. The Morgan fingerprint density at radius 1 is 1.12 bits per heavy atom. The van der Waals surface area contributed by atoms with Crippen molar-refractivity contribution in [1.82, 2.24) is 24.8 Å². The Hall–Kier alpha value is -3.53. The van der Waals surface area contributed by atoms with Crippen molar-refractivity contribution in [3.63, 3.8) is 0 Å². The molecule has 1 N–H and O–H groups in total. The number of carbonyl (C=O) groups excluding carboxylic acids is 2. The summed E-state index contributed by atoms with van der Waals surface area (Å²) in [6.07, 6.45) is 8.20. The largest absolute Gasteiger partial charge is 0.460 e. The Morgan fingerprint density at radius 3 is 2.74 bits per heavy atom. The molecular formula is C24H28N6O4. The minimum Gasteiger partial charge on any atom is -0.460 e. The highest BCUT2D eigenvalue weighted by molar-refractivity contribution is 5.89. The maximum absolute atomic E-state index is 12.7. The molecule has 1 aliphatic carbocycles. The molecule has 1 saturated heterocycles. The van der Waals surface area contributed by atoms with Gasteiger partial charge in [0, 0.05) is 12.6 Å². The molecule has 3 aromatic rings. The number of nitrogens with zero attached hydrogens (tertiary/aromatic N) is 5. The molecule has 5 rings (SSSR count). The first kappa shape index (κ1) is 22.3. The fourth-order valence-electron chi connectivity index (χ4n) is 4.14. The smallest absolute Gasteiger partial charge is 0.325 e. The Balaban J connectivity index is 1.22. The van der Waals surface area contributed by atoms with Crippen molar-refractivity contribution in [3.8, 4) is 0 Å². The fraction of sp³-hybridized carbons (Fsp3) is 0.458. The second-order valence-electron chi connectivity index (χ2n) is 8.62. The van der Waals surface area contributed by atoms with Crippen molar-refractivity contribution in [1.29, 1.82) is 0 Å². The first-order valence-electron chi connectivity index (χ1n) is 11.7. The lowest BCUT2D eigenvalue weighted by atomic mass is 10.2. The predicted molar refractivity (Wildman–Crippen MR) is 124 cm³/mol. The van der Waals surface area contributed by atoms with Crippen molar-refractivity contribution >= 4 is 28.9 Å². The lowest BCUT2D eigenvalue weighted by Gasteiger charge is -2.24. The van der Waals surface area contributed by atoms with Crippen LogP contribution in [0.15, 0.2) is 43.0 Å². The summed E-state index contributed by atoms with van der Waals surface area (Å²) >= 11 is 0. The molecule has 1 saturated carbocycles. The van der Waals surface area contributed by atoms with Gasteiger partial charge in [-0.15, -0.1) is 0 Å². The highest BCUT2D eigenvalue weighted by atomic mass is 16.5. The first-order valence-corrected chi connectivity index (χ1v) is 11.7. The van der Waals surface area contributed by atoms with Crippen LogP contribution in [-0.2, 0) is 25.7 Å². The molecule has 34 heavy (non-hydrogen) atoms. The van der Waals surface area contributed by atoms with Gasteiger partial charge in [0.15, 0.2) is 17.0 Å². The molecule has 2 aromatic heterocycles. The maximum Gasteiger partial charge on any atom is 0.325 e. The number of carbonyl (C=O) groups is 2. The molecule has 178 valence electrons. The Kier molecular flexibility index (Phi) is 6.66. The number of esters is 1. The van der Waals surface area contributed by atoms with E-state index in [0.29, 0.717) is 17.0 Å². The lowest BCUT2D eigenvalue weighted by molar-refractivity contribution is -0.145. The number of rotatable bonds is 9. The number of fused-ring (bicyclic) bond motifs is 1. The number of anilines is 1. The average molecular weight is 465 g/mol. The normalized spacial score (nSPS) is 17.9. The van der Waals surface area contributed by atoms with E-state index in [2.05, 4.69) is 20.3 Å².